The second kappa shape index (κ2) is 8.60. The Morgan fingerprint density at radius 3 is 2.00 bits per heavy atom. The lowest BCUT2D eigenvalue weighted by molar-refractivity contribution is 0.355. The number of hydrogen-bond acceptors (Lipinski definition) is 3. The minimum absolute atomic E-state index is 0.00327. The van der Waals surface area contributed by atoms with Gasteiger partial charge in [0.05, 0.1) is 17.1 Å². The van der Waals surface area contributed by atoms with E-state index in [1.807, 2.05) is 28.9 Å². The first-order chi connectivity index (χ1) is 16.3. The Morgan fingerprint density at radius 1 is 0.824 bits per heavy atom. The van der Waals surface area contributed by atoms with E-state index < -0.39 is 11.6 Å². The number of aromatic nitrogens is 3. The van der Waals surface area contributed by atoms with E-state index in [1.165, 1.54) is 18.2 Å². The van der Waals surface area contributed by atoms with Crippen LogP contribution in [0.3, 0.4) is 0 Å². The van der Waals surface area contributed by atoms with Crippen LogP contribution in [0.5, 0.6) is 0 Å². The highest BCUT2D eigenvalue weighted by Gasteiger charge is 2.24. The van der Waals surface area contributed by atoms with Crippen molar-refractivity contribution in [2.75, 3.05) is 0 Å². The van der Waals surface area contributed by atoms with E-state index in [0.29, 0.717) is 18.0 Å². The van der Waals surface area contributed by atoms with Crippen molar-refractivity contribution in [1.82, 2.24) is 14.8 Å². The summed E-state index contributed by atoms with van der Waals surface area (Å²) in [6.07, 6.45) is 3.07. The summed E-state index contributed by atoms with van der Waals surface area (Å²) in [4.78, 5) is 9.08. The lowest BCUT2D eigenvalue weighted by Crippen LogP contribution is -2.22. The van der Waals surface area contributed by atoms with Crippen LogP contribution in [0.1, 0.15) is 50.8 Å². The smallest absolute Gasteiger partial charge is 0.181 e. The van der Waals surface area contributed by atoms with Crippen LogP contribution in [-0.2, 0) is 5.54 Å². The summed E-state index contributed by atoms with van der Waals surface area (Å²) in [5.41, 5.74) is 4.59. The molecule has 0 fully saturated rings. The number of rotatable bonds is 4. The van der Waals surface area contributed by atoms with Gasteiger partial charge in [0.15, 0.2) is 5.82 Å². The van der Waals surface area contributed by atoms with Gasteiger partial charge in [-0.25, -0.2) is 18.4 Å². The number of halogens is 2. The maximum atomic E-state index is 14.1. The van der Waals surface area contributed by atoms with Crippen LogP contribution >= 0.6 is 0 Å². The van der Waals surface area contributed by atoms with Crippen LogP contribution in [0.15, 0.2) is 78.0 Å². The van der Waals surface area contributed by atoms with Gasteiger partial charge in [-0.15, -0.1) is 0 Å². The highest BCUT2D eigenvalue weighted by atomic mass is 19.1. The third-order valence-corrected chi connectivity index (χ3v) is 6.17. The van der Waals surface area contributed by atoms with Crippen LogP contribution in [0.4, 0.5) is 8.78 Å². The van der Waals surface area contributed by atoms with E-state index in [4.69, 9.17) is 0 Å². The maximum Gasteiger partial charge on any atom is 0.181 e. The summed E-state index contributed by atoms with van der Waals surface area (Å²) in [6.45, 7) is 6.27. The molecule has 4 nitrogen and oxygen atoms in total. The summed E-state index contributed by atoms with van der Waals surface area (Å²) in [5.74, 6) is -0.407. The highest BCUT2D eigenvalue weighted by Crippen LogP contribution is 2.33. The first kappa shape index (κ1) is 22.1. The topological polar surface area (TPSA) is 43.1 Å². The fraction of sp³-hybridized carbons (Fsp3) is 0.250. The molecule has 0 saturated carbocycles. The van der Waals surface area contributed by atoms with Gasteiger partial charge in [-0.1, -0.05) is 54.6 Å². The molecule has 0 spiro atoms. The van der Waals surface area contributed by atoms with Gasteiger partial charge >= 0.3 is 0 Å². The molecule has 0 N–H and O–H groups in total. The van der Waals surface area contributed by atoms with E-state index in [2.05, 4.69) is 60.1 Å². The minimum atomic E-state index is -0.557. The second-order valence-corrected chi connectivity index (χ2v) is 9.61. The summed E-state index contributed by atoms with van der Waals surface area (Å²) < 4.78 is 30.1. The quantitative estimate of drug-likeness (QED) is 0.333. The van der Waals surface area contributed by atoms with Crippen molar-refractivity contribution < 1.29 is 8.78 Å². The molecule has 1 aromatic heterocycles. The first-order valence-corrected chi connectivity index (χ1v) is 11.4. The predicted octanol–water partition coefficient (Wildman–Crippen LogP) is 6.97. The Hall–Kier alpha value is -3.67. The largest absolute Gasteiger partial charge is 0.281 e. The molecule has 6 heteroatoms. The molecule has 0 radical (unpaired) electrons. The average molecular weight is 457 g/mol. The normalized spacial score (nSPS) is 16.0. The van der Waals surface area contributed by atoms with Crippen LogP contribution in [0.2, 0.25) is 0 Å². The summed E-state index contributed by atoms with van der Waals surface area (Å²) in [6, 6.07) is 20.3. The molecule has 0 saturated heterocycles. The van der Waals surface area contributed by atoms with Crippen molar-refractivity contribution in [2.45, 2.75) is 45.2 Å². The van der Waals surface area contributed by atoms with E-state index in [1.54, 1.807) is 6.33 Å². The number of hydrogen-bond donors (Lipinski definition) is 0. The molecule has 0 bridgehead atoms. The fourth-order valence-corrected chi connectivity index (χ4v) is 4.22. The molecule has 3 aromatic carbocycles. The van der Waals surface area contributed by atoms with Gasteiger partial charge in [-0.3, -0.25) is 4.99 Å². The lowest BCUT2D eigenvalue weighted by Gasteiger charge is -2.17. The molecule has 1 unspecified atom stereocenters. The molecular formula is C28H26F2N4. The molecule has 1 aliphatic heterocycles. The van der Waals surface area contributed by atoms with Crippen LogP contribution in [-0.4, -0.2) is 20.5 Å². The molecule has 0 aliphatic carbocycles. The van der Waals surface area contributed by atoms with Crippen molar-refractivity contribution in [3.05, 3.63) is 95.8 Å². The zero-order valence-corrected chi connectivity index (χ0v) is 19.5. The van der Waals surface area contributed by atoms with Crippen LogP contribution < -0.4 is 0 Å². The predicted molar refractivity (Wildman–Crippen MR) is 131 cm³/mol. The summed E-state index contributed by atoms with van der Waals surface area (Å²) >= 11 is 0. The molecule has 34 heavy (non-hydrogen) atoms. The summed E-state index contributed by atoms with van der Waals surface area (Å²) in [7, 11) is 0. The Labute approximate surface area is 198 Å². The standard InChI is InChI=1S/C28H26F2N4/c1-28(2,3)34-17-31-27(33-34)21-13-9-19(10-14-21)18-7-11-20(12-8-18)24-15-16-25(32-24)26-22(29)5-4-6-23(26)30/h4-14,17,24H,15-16H2,1-3H3. The molecule has 1 atom stereocenters. The Bertz CT molecular complexity index is 1330. The van der Waals surface area contributed by atoms with E-state index in [-0.39, 0.29) is 17.1 Å². The van der Waals surface area contributed by atoms with Crippen LogP contribution in [0.25, 0.3) is 22.5 Å². The Morgan fingerprint density at radius 2 is 1.41 bits per heavy atom. The monoisotopic (exact) mass is 456 g/mol. The van der Waals surface area contributed by atoms with Gasteiger partial charge in [0.25, 0.3) is 0 Å². The van der Waals surface area contributed by atoms with Crippen molar-refractivity contribution in [3.63, 3.8) is 0 Å². The number of benzene rings is 3. The Kier molecular flexibility index (Phi) is 5.60. The zero-order valence-electron chi connectivity index (χ0n) is 19.5. The average Bonchev–Trinajstić information content (AvgIpc) is 3.50. The Balaban J connectivity index is 1.33. The SMILES string of the molecule is CC(C)(C)n1cnc(-c2ccc(-c3ccc(C4CCC(c5c(F)cccc5F)=N4)cc3)cc2)n1. The second-order valence-electron chi connectivity index (χ2n) is 9.61. The third kappa shape index (κ3) is 4.28. The molecule has 4 aromatic rings. The van der Waals surface area contributed by atoms with Gasteiger partial charge in [0.2, 0.25) is 0 Å². The van der Waals surface area contributed by atoms with Gasteiger partial charge in [0.1, 0.15) is 18.0 Å². The van der Waals surface area contributed by atoms with Crippen LogP contribution in [0, 0.1) is 11.6 Å². The van der Waals surface area contributed by atoms with E-state index >= 15 is 0 Å². The molecule has 5 rings (SSSR count). The van der Waals surface area contributed by atoms with E-state index in [0.717, 1.165) is 28.7 Å². The van der Waals surface area contributed by atoms with Crippen molar-refractivity contribution in [3.8, 4) is 22.5 Å². The molecule has 172 valence electrons. The maximum absolute atomic E-state index is 14.1. The van der Waals surface area contributed by atoms with Gasteiger partial charge in [0, 0.05) is 11.3 Å². The first-order valence-electron chi connectivity index (χ1n) is 11.4. The van der Waals surface area contributed by atoms with Crippen molar-refractivity contribution in [1.29, 1.82) is 0 Å². The highest BCUT2D eigenvalue weighted by molar-refractivity contribution is 6.02. The molecular weight excluding hydrogens is 430 g/mol. The molecule has 0 amide bonds. The van der Waals surface area contributed by atoms with Gasteiger partial charge in [-0.05, 0) is 62.4 Å². The minimum Gasteiger partial charge on any atom is -0.281 e. The fourth-order valence-electron chi connectivity index (χ4n) is 4.22. The van der Waals surface area contributed by atoms with Crippen molar-refractivity contribution >= 4 is 5.71 Å². The number of aliphatic imine (C=N–C) groups is 1. The van der Waals surface area contributed by atoms with Gasteiger partial charge < -0.3 is 0 Å². The van der Waals surface area contributed by atoms with Crippen molar-refractivity contribution in [2.24, 2.45) is 4.99 Å². The zero-order chi connectivity index (χ0) is 23.9. The molecule has 1 aliphatic rings. The lowest BCUT2D eigenvalue weighted by atomic mass is 9.98. The molecule has 2 heterocycles. The third-order valence-electron chi connectivity index (χ3n) is 6.17. The van der Waals surface area contributed by atoms with Gasteiger partial charge in [-0.2, -0.15) is 5.10 Å². The van der Waals surface area contributed by atoms with E-state index in [9.17, 15) is 8.78 Å². The summed E-state index contributed by atoms with van der Waals surface area (Å²) in [5, 5.41) is 4.59. The number of nitrogens with zero attached hydrogens (tertiary/aromatic N) is 4.